The number of fused-ring (bicyclic) bond motifs is 1. The second kappa shape index (κ2) is 10.5. The normalized spacial score (nSPS) is 11.2. The molecule has 0 bridgehead atoms. The van der Waals surface area contributed by atoms with Crippen LogP contribution < -0.4 is 15.2 Å². The van der Waals surface area contributed by atoms with Crippen LogP contribution >= 0.6 is 0 Å². The van der Waals surface area contributed by atoms with E-state index in [1.54, 1.807) is 13.2 Å². The van der Waals surface area contributed by atoms with E-state index in [9.17, 15) is 9.90 Å². The lowest BCUT2D eigenvalue weighted by molar-refractivity contribution is -0.120. The van der Waals surface area contributed by atoms with E-state index < -0.39 is 0 Å². The van der Waals surface area contributed by atoms with Crippen molar-refractivity contribution in [2.75, 3.05) is 26.1 Å². The number of nitrogens with zero attached hydrogens (tertiary/aromatic N) is 4. The first-order chi connectivity index (χ1) is 16.6. The second-order valence-corrected chi connectivity index (χ2v) is 7.26. The van der Waals surface area contributed by atoms with Gasteiger partial charge in [0.05, 0.1) is 24.4 Å². The first kappa shape index (κ1) is 22.7. The Labute approximate surface area is 195 Å². The molecule has 0 saturated heterocycles. The zero-order valence-electron chi connectivity index (χ0n) is 18.4. The van der Waals surface area contributed by atoms with E-state index in [1.807, 2.05) is 41.0 Å². The molecule has 34 heavy (non-hydrogen) atoms. The van der Waals surface area contributed by atoms with Gasteiger partial charge in [0.15, 0.2) is 11.5 Å². The van der Waals surface area contributed by atoms with Crippen molar-refractivity contribution in [3.63, 3.8) is 0 Å². The molecule has 0 aliphatic rings. The van der Waals surface area contributed by atoms with Crippen LogP contribution in [-0.4, -0.2) is 41.5 Å². The Morgan fingerprint density at radius 2 is 1.91 bits per heavy atom. The smallest absolute Gasteiger partial charge is 0.298 e. The fraction of sp³-hybridized carbons (Fsp3) is 0.167. The van der Waals surface area contributed by atoms with Crippen molar-refractivity contribution in [2.45, 2.75) is 6.54 Å². The molecule has 0 aliphatic carbocycles. The zero-order valence-corrected chi connectivity index (χ0v) is 18.4. The highest BCUT2D eigenvalue weighted by atomic mass is 16.5. The summed E-state index contributed by atoms with van der Waals surface area (Å²) in [6, 6.07) is 17.8. The van der Waals surface area contributed by atoms with Crippen molar-refractivity contribution in [3.05, 3.63) is 66.2 Å². The van der Waals surface area contributed by atoms with Crippen LogP contribution in [0.5, 0.6) is 17.2 Å². The Bertz CT molecular complexity index is 1320. The number of nitrogen functional groups attached to an aromatic ring is 1. The SMILES string of the molecule is COCCOc1cc(/N=N\c2ccc(O)c(OC=O)c2)c2nc(N)n(Cc3ccccc3)c2c1. The number of imidazole rings is 1. The molecule has 3 N–H and O–H groups in total. The molecule has 0 atom stereocenters. The molecule has 174 valence electrons. The summed E-state index contributed by atoms with van der Waals surface area (Å²) in [6.07, 6.45) is 0. The first-order valence-electron chi connectivity index (χ1n) is 10.4. The number of anilines is 1. The zero-order chi connectivity index (χ0) is 23.9. The number of aromatic nitrogens is 2. The van der Waals surface area contributed by atoms with Gasteiger partial charge in [-0.1, -0.05) is 30.3 Å². The van der Waals surface area contributed by atoms with Gasteiger partial charge in [0.1, 0.15) is 23.6 Å². The molecule has 0 aliphatic heterocycles. The summed E-state index contributed by atoms with van der Waals surface area (Å²) >= 11 is 0. The van der Waals surface area contributed by atoms with Crippen molar-refractivity contribution in [3.8, 4) is 17.2 Å². The van der Waals surface area contributed by atoms with Gasteiger partial charge in [0.25, 0.3) is 6.47 Å². The minimum Gasteiger partial charge on any atom is -0.504 e. The molecule has 0 radical (unpaired) electrons. The summed E-state index contributed by atoms with van der Waals surface area (Å²) in [5.74, 6) is 0.679. The van der Waals surface area contributed by atoms with E-state index in [4.69, 9.17) is 19.9 Å². The molecule has 4 aromatic rings. The summed E-state index contributed by atoms with van der Waals surface area (Å²) in [4.78, 5) is 15.2. The summed E-state index contributed by atoms with van der Waals surface area (Å²) in [5, 5.41) is 18.3. The van der Waals surface area contributed by atoms with E-state index in [2.05, 4.69) is 15.2 Å². The number of aromatic hydroxyl groups is 1. The summed E-state index contributed by atoms with van der Waals surface area (Å²) < 4.78 is 17.5. The number of carbonyl (C=O) groups is 1. The van der Waals surface area contributed by atoms with Gasteiger partial charge in [-0.2, -0.15) is 5.11 Å². The molecule has 0 fully saturated rings. The van der Waals surface area contributed by atoms with Crippen molar-refractivity contribution >= 4 is 34.8 Å². The van der Waals surface area contributed by atoms with Crippen LogP contribution in [0, 0.1) is 0 Å². The minimum absolute atomic E-state index is 0.0235. The predicted molar refractivity (Wildman–Crippen MR) is 126 cm³/mol. The predicted octanol–water partition coefficient (Wildman–Crippen LogP) is 4.35. The maximum Gasteiger partial charge on any atom is 0.298 e. The third-order valence-electron chi connectivity index (χ3n) is 4.97. The quantitative estimate of drug-likeness (QED) is 0.204. The number of phenolic OH excluding ortho intramolecular Hbond substituents is 1. The highest BCUT2D eigenvalue weighted by Gasteiger charge is 2.15. The number of benzene rings is 3. The Morgan fingerprint density at radius 3 is 2.68 bits per heavy atom. The van der Waals surface area contributed by atoms with E-state index in [0.717, 1.165) is 11.1 Å². The fourth-order valence-electron chi connectivity index (χ4n) is 3.36. The van der Waals surface area contributed by atoms with Crippen molar-refractivity contribution in [1.82, 2.24) is 9.55 Å². The number of methoxy groups -OCH3 is 1. The third-order valence-corrected chi connectivity index (χ3v) is 4.97. The lowest BCUT2D eigenvalue weighted by Gasteiger charge is -2.10. The number of ether oxygens (including phenoxy) is 3. The molecule has 3 aromatic carbocycles. The van der Waals surface area contributed by atoms with Crippen LogP contribution in [0.25, 0.3) is 11.0 Å². The molecular weight excluding hydrogens is 438 g/mol. The van der Waals surface area contributed by atoms with E-state index in [-0.39, 0.29) is 18.0 Å². The number of carbonyl (C=O) groups excluding carboxylic acids is 1. The lowest BCUT2D eigenvalue weighted by atomic mass is 10.2. The number of hydrogen-bond donors (Lipinski definition) is 2. The third kappa shape index (κ3) is 5.13. The van der Waals surface area contributed by atoms with Gasteiger partial charge in [-0.25, -0.2) is 4.98 Å². The standard InChI is InChI=1S/C24H23N5O5/c1-32-9-10-33-18-12-19(28-27-17-7-8-21(31)22(11-17)34-15-30)23-20(13-18)29(24(25)26-23)14-16-5-3-2-4-6-16/h2-8,11-13,15,31H,9-10,14H2,1H3,(H2,25,26)/b28-27-. The number of phenols is 1. The van der Waals surface area contributed by atoms with E-state index in [1.165, 1.54) is 18.2 Å². The minimum atomic E-state index is -0.186. The summed E-state index contributed by atoms with van der Waals surface area (Å²) in [6.45, 7) is 1.52. The van der Waals surface area contributed by atoms with Gasteiger partial charge < -0.3 is 29.6 Å². The number of hydrogen-bond acceptors (Lipinski definition) is 9. The Hall–Kier alpha value is -4.44. The molecule has 1 heterocycles. The van der Waals surface area contributed by atoms with Crippen LogP contribution in [0.1, 0.15) is 5.56 Å². The van der Waals surface area contributed by atoms with Crippen LogP contribution in [-0.2, 0) is 16.1 Å². The van der Waals surface area contributed by atoms with E-state index >= 15 is 0 Å². The molecule has 10 nitrogen and oxygen atoms in total. The lowest BCUT2D eigenvalue weighted by Crippen LogP contribution is -2.06. The molecule has 0 spiro atoms. The Balaban J connectivity index is 1.75. The van der Waals surface area contributed by atoms with Gasteiger partial charge in [0, 0.05) is 25.3 Å². The average Bonchev–Trinajstić information content (AvgIpc) is 3.15. The molecule has 0 amide bonds. The van der Waals surface area contributed by atoms with Crippen molar-refractivity contribution < 1.29 is 24.1 Å². The highest BCUT2D eigenvalue weighted by Crippen LogP contribution is 2.35. The van der Waals surface area contributed by atoms with Crippen LogP contribution in [0.2, 0.25) is 0 Å². The van der Waals surface area contributed by atoms with Crippen molar-refractivity contribution in [1.29, 1.82) is 0 Å². The topological polar surface area (TPSA) is 134 Å². The monoisotopic (exact) mass is 461 g/mol. The van der Waals surface area contributed by atoms with Crippen molar-refractivity contribution in [2.24, 2.45) is 10.2 Å². The number of azo groups is 1. The number of rotatable bonds is 10. The van der Waals surface area contributed by atoms with Gasteiger partial charge in [-0.15, -0.1) is 5.11 Å². The second-order valence-electron chi connectivity index (χ2n) is 7.26. The van der Waals surface area contributed by atoms with Gasteiger partial charge in [-0.05, 0) is 17.7 Å². The maximum atomic E-state index is 10.6. The van der Waals surface area contributed by atoms with Crippen LogP contribution in [0.3, 0.4) is 0 Å². The van der Waals surface area contributed by atoms with E-state index in [0.29, 0.717) is 48.3 Å². The molecule has 0 saturated carbocycles. The molecule has 4 rings (SSSR count). The maximum absolute atomic E-state index is 10.6. The summed E-state index contributed by atoms with van der Waals surface area (Å²) in [7, 11) is 1.60. The largest absolute Gasteiger partial charge is 0.504 e. The molecule has 0 unspecified atom stereocenters. The number of nitrogens with two attached hydrogens (primary N) is 1. The summed E-state index contributed by atoms with van der Waals surface area (Å²) in [5.41, 5.74) is 9.42. The highest BCUT2D eigenvalue weighted by molar-refractivity contribution is 5.90. The Kier molecular flexibility index (Phi) is 6.99. The average molecular weight is 461 g/mol. The molecule has 1 aromatic heterocycles. The van der Waals surface area contributed by atoms with Crippen LogP contribution in [0.15, 0.2) is 70.9 Å². The Morgan fingerprint density at radius 1 is 1.09 bits per heavy atom. The molecule has 10 heteroatoms. The fourth-order valence-corrected chi connectivity index (χ4v) is 3.36. The van der Waals surface area contributed by atoms with Crippen LogP contribution in [0.4, 0.5) is 17.3 Å². The van der Waals surface area contributed by atoms with Gasteiger partial charge in [0.2, 0.25) is 5.95 Å². The van der Waals surface area contributed by atoms with Gasteiger partial charge >= 0.3 is 0 Å². The first-order valence-corrected chi connectivity index (χ1v) is 10.4. The molecular formula is C24H23N5O5. The van der Waals surface area contributed by atoms with Gasteiger partial charge in [-0.3, -0.25) is 4.79 Å².